The topological polar surface area (TPSA) is 152 Å². The van der Waals surface area contributed by atoms with Gasteiger partial charge in [0.25, 0.3) is 11.8 Å². The third-order valence-electron chi connectivity index (χ3n) is 8.42. The van der Waals surface area contributed by atoms with Crippen molar-refractivity contribution in [1.82, 2.24) is 14.4 Å². The van der Waals surface area contributed by atoms with Crippen LogP contribution >= 0.6 is 0 Å². The fourth-order valence-corrected chi connectivity index (χ4v) is 7.07. The monoisotopic (exact) mass is 670 g/mol. The average molecular weight is 671 g/mol. The maximum Gasteiger partial charge on any atom is 0.258 e. The van der Waals surface area contributed by atoms with E-state index in [1.165, 1.54) is 11.4 Å². The number of aromatic nitrogens is 1. The third-order valence-corrected chi connectivity index (χ3v) is 10.5. The predicted octanol–water partition coefficient (Wildman–Crippen LogP) is 4.66. The Labute approximate surface area is 277 Å². The van der Waals surface area contributed by atoms with E-state index in [2.05, 4.69) is 10.5 Å². The molecular weight excluding hydrogens is 624 g/mol. The summed E-state index contributed by atoms with van der Waals surface area (Å²) in [5.74, 6) is -0.486. The highest BCUT2D eigenvalue weighted by molar-refractivity contribution is 7.89. The highest BCUT2D eigenvalue weighted by Crippen LogP contribution is 2.29. The summed E-state index contributed by atoms with van der Waals surface area (Å²) in [7, 11) is -2.45. The molecule has 1 aliphatic rings. The van der Waals surface area contributed by atoms with Crippen LogP contribution in [0.15, 0.2) is 57.9 Å². The number of anilines is 1. The number of carbonyl (C=O) groups excluding carboxylic acids is 2. The number of sulfonamides is 1. The molecule has 2 aromatic carbocycles. The van der Waals surface area contributed by atoms with Crippen molar-refractivity contribution < 1.29 is 37.1 Å². The maximum absolute atomic E-state index is 14.3. The van der Waals surface area contributed by atoms with Crippen molar-refractivity contribution in [2.24, 2.45) is 5.92 Å². The van der Waals surface area contributed by atoms with Crippen LogP contribution in [0.1, 0.15) is 72.2 Å². The second-order valence-corrected chi connectivity index (χ2v) is 14.3. The van der Waals surface area contributed by atoms with Crippen molar-refractivity contribution >= 4 is 27.5 Å². The Hall–Kier alpha value is -3.78. The van der Waals surface area contributed by atoms with Crippen LogP contribution in [0.25, 0.3) is 0 Å². The maximum atomic E-state index is 14.3. The van der Waals surface area contributed by atoms with Crippen LogP contribution in [0.5, 0.6) is 5.75 Å². The van der Waals surface area contributed by atoms with Crippen molar-refractivity contribution in [3.8, 4) is 5.75 Å². The van der Waals surface area contributed by atoms with Gasteiger partial charge in [-0.2, -0.15) is 4.31 Å². The molecule has 0 fully saturated rings. The molecule has 12 nitrogen and oxygen atoms in total. The van der Waals surface area contributed by atoms with E-state index in [1.807, 2.05) is 19.9 Å². The van der Waals surface area contributed by atoms with Crippen molar-refractivity contribution in [3.05, 3.63) is 71.1 Å². The molecule has 0 spiro atoms. The first kappa shape index (κ1) is 36.1. The first-order valence-electron chi connectivity index (χ1n) is 15.9. The zero-order chi connectivity index (χ0) is 34.3. The summed E-state index contributed by atoms with van der Waals surface area (Å²) in [6, 6.07) is 13.2. The number of aliphatic hydroxyl groups is 1. The Morgan fingerprint density at radius 3 is 2.53 bits per heavy atom. The highest BCUT2D eigenvalue weighted by atomic mass is 32.2. The fraction of sp³-hybridized carbons (Fsp3) is 0.500. The lowest BCUT2D eigenvalue weighted by Crippen LogP contribution is -2.48. The lowest BCUT2D eigenvalue weighted by atomic mass is 10.0. The van der Waals surface area contributed by atoms with Crippen LogP contribution in [0.2, 0.25) is 0 Å². The molecule has 0 bridgehead atoms. The zero-order valence-electron chi connectivity index (χ0n) is 27.9. The van der Waals surface area contributed by atoms with Gasteiger partial charge < -0.3 is 29.3 Å². The number of nitrogens with zero attached hydrogens (tertiary/aromatic N) is 3. The van der Waals surface area contributed by atoms with Crippen molar-refractivity contribution in [2.75, 3.05) is 38.7 Å². The minimum absolute atomic E-state index is 0.0227. The smallest absolute Gasteiger partial charge is 0.258 e. The van der Waals surface area contributed by atoms with Gasteiger partial charge in [-0.15, -0.1) is 0 Å². The van der Waals surface area contributed by atoms with E-state index >= 15 is 0 Å². The Morgan fingerprint density at radius 2 is 1.87 bits per heavy atom. The van der Waals surface area contributed by atoms with Gasteiger partial charge in [-0.25, -0.2) is 8.42 Å². The average Bonchev–Trinajstić information content (AvgIpc) is 3.40. The fourth-order valence-electron chi connectivity index (χ4n) is 5.61. The predicted molar refractivity (Wildman–Crippen MR) is 177 cm³/mol. The summed E-state index contributed by atoms with van der Waals surface area (Å²) in [6.45, 7) is 8.97. The zero-order valence-corrected chi connectivity index (χ0v) is 28.7. The summed E-state index contributed by atoms with van der Waals surface area (Å²) in [5.41, 5.74) is 1.40. The van der Waals surface area contributed by atoms with Crippen molar-refractivity contribution in [2.45, 2.75) is 77.0 Å². The van der Waals surface area contributed by atoms with E-state index in [1.54, 1.807) is 68.1 Å². The highest BCUT2D eigenvalue weighted by Gasteiger charge is 2.34. The first-order valence-corrected chi connectivity index (χ1v) is 17.4. The van der Waals surface area contributed by atoms with Gasteiger partial charge in [0.1, 0.15) is 16.3 Å². The van der Waals surface area contributed by atoms with Crippen molar-refractivity contribution in [1.29, 1.82) is 0 Å². The lowest BCUT2D eigenvalue weighted by molar-refractivity contribution is -0.00835. The number of aryl methyl sites for hydroxylation is 2. The number of fused-ring (bicyclic) bond motifs is 1. The summed E-state index contributed by atoms with van der Waals surface area (Å²) >= 11 is 0. The molecule has 2 N–H and O–H groups in total. The SMILES string of the molecule is Cc1noc(C)c1S(=O)(=O)N(C)C[C@H]1OCCCC[C@@H](C)Oc2ccc(NC(=O)c3ccccc3)cc2C(=O)N([C@@H](C)CO)C[C@@H]1C. The van der Waals surface area contributed by atoms with E-state index in [-0.39, 0.29) is 59.5 Å². The molecule has 1 aromatic heterocycles. The molecule has 1 aliphatic heterocycles. The van der Waals surface area contributed by atoms with Gasteiger partial charge in [0.15, 0.2) is 5.76 Å². The lowest BCUT2D eigenvalue weighted by Gasteiger charge is -2.35. The van der Waals surface area contributed by atoms with E-state index in [4.69, 9.17) is 14.0 Å². The normalized spacial score (nSPS) is 20.6. The molecule has 0 aliphatic carbocycles. The van der Waals surface area contributed by atoms with Gasteiger partial charge in [-0.05, 0) is 77.3 Å². The van der Waals surface area contributed by atoms with Crippen LogP contribution in [-0.2, 0) is 14.8 Å². The summed E-state index contributed by atoms with van der Waals surface area (Å²) in [5, 5.41) is 16.9. The molecule has 3 aromatic rings. The largest absolute Gasteiger partial charge is 0.490 e. The Kier molecular flexibility index (Phi) is 12.2. The minimum atomic E-state index is -3.94. The van der Waals surface area contributed by atoms with Crippen LogP contribution in [0, 0.1) is 19.8 Å². The van der Waals surface area contributed by atoms with Gasteiger partial charge in [-0.3, -0.25) is 9.59 Å². The Morgan fingerprint density at radius 1 is 1.15 bits per heavy atom. The number of likely N-dealkylation sites (N-methyl/N-ethyl adjacent to an activating group) is 1. The Balaban J connectivity index is 1.66. The molecule has 0 unspecified atom stereocenters. The number of rotatable bonds is 8. The standard InChI is InChI=1S/C34H46N4O8S/c1-22-19-38(23(2)21-39)34(41)29-18-28(35-33(40)27-13-8-7-9-14-27)15-16-30(29)45-24(3)12-10-11-17-44-31(22)20-37(6)47(42,43)32-25(4)36-46-26(32)5/h7-9,13-16,18,22-24,31,39H,10-12,17,19-21H2,1-6H3,(H,35,40)/t22-,23-,24+,31+/m0/s1. The van der Waals surface area contributed by atoms with Crippen LogP contribution < -0.4 is 10.1 Å². The number of hydrogen-bond acceptors (Lipinski definition) is 9. The van der Waals surface area contributed by atoms with Gasteiger partial charge in [0.2, 0.25) is 10.0 Å². The number of hydrogen-bond donors (Lipinski definition) is 2. The van der Waals surface area contributed by atoms with Gasteiger partial charge >= 0.3 is 0 Å². The first-order chi connectivity index (χ1) is 22.3. The number of benzene rings is 2. The molecule has 4 atom stereocenters. The van der Waals surface area contributed by atoms with E-state index in [0.29, 0.717) is 30.0 Å². The summed E-state index contributed by atoms with van der Waals surface area (Å²) in [6.07, 6.45) is 1.41. The number of amides is 2. The number of carbonyl (C=O) groups is 2. The van der Waals surface area contributed by atoms with Crippen molar-refractivity contribution in [3.63, 3.8) is 0 Å². The third kappa shape index (κ3) is 8.78. The molecule has 4 rings (SSSR count). The number of nitrogens with one attached hydrogen (secondary N) is 1. The second kappa shape index (κ2) is 15.9. The molecule has 13 heteroatoms. The molecule has 47 heavy (non-hydrogen) atoms. The van der Waals surface area contributed by atoms with Gasteiger partial charge in [0, 0.05) is 43.9 Å². The second-order valence-electron chi connectivity index (χ2n) is 12.3. The van der Waals surface area contributed by atoms with Crippen LogP contribution in [0.4, 0.5) is 5.69 Å². The summed E-state index contributed by atoms with van der Waals surface area (Å²) < 4.78 is 46.0. The van der Waals surface area contributed by atoms with Gasteiger partial charge in [0.05, 0.1) is 30.4 Å². The number of aliphatic hydroxyl groups excluding tert-OH is 1. The summed E-state index contributed by atoms with van der Waals surface area (Å²) in [4.78, 5) is 28.8. The van der Waals surface area contributed by atoms with Crippen LogP contribution in [-0.4, -0.2) is 91.3 Å². The van der Waals surface area contributed by atoms with E-state index < -0.39 is 28.1 Å². The van der Waals surface area contributed by atoms with E-state index in [0.717, 1.165) is 12.8 Å². The molecule has 0 saturated carbocycles. The molecule has 2 heterocycles. The van der Waals surface area contributed by atoms with E-state index in [9.17, 15) is 23.1 Å². The molecule has 2 amide bonds. The number of ether oxygens (including phenoxy) is 2. The molecule has 256 valence electrons. The van der Waals surface area contributed by atoms with Gasteiger partial charge in [-0.1, -0.05) is 30.3 Å². The molecule has 0 saturated heterocycles. The van der Waals surface area contributed by atoms with Crippen LogP contribution in [0.3, 0.4) is 0 Å². The molecule has 0 radical (unpaired) electrons. The quantitative estimate of drug-likeness (QED) is 0.349. The Bertz CT molecular complexity index is 1610. The molecular formula is C34H46N4O8S. The minimum Gasteiger partial charge on any atom is -0.490 e.